The van der Waals surface area contributed by atoms with E-state index in [1.165, 1.54) is 0 Å². The van der Waals surface area contributed by atoms with Crippen LogP contribution in [0.15, 0.2) is 0 Å². The molecule has 11 heavy (non-hydrogen) atoms. The Hall–Kier alpha value is -0.135. The van der Waals surface area contributed by atoms with E-state index in [0.29, 0.717) is 0 Å². The molecule has 0 aromatic carbocycles. The van der Waals surface area contributed by atoms with Gasteiger partial charge in [-0.25, -0.2) is 0 Å². The van der Waals surface area contributed by atoms with Crippen molar-refractivity contribution in [3.8, 4) is 0 Å². The van der Waals surface area contributed by atoms with Gasteiger partial charge < -0.3 is 25.3 Å². The van der Waals surface area contributed by atoms with Gasteiger partial charge in [0.15, 0.2) is 0 Å². The van der Waals surface area contributed by atoms with Gasteiger partial charge in [-0.2, -0.15) is 0 Å². The molecule has 0 aliphatic carbocycles. The zero-order valence-corrected chi connectivity index (χ0v) is 6.73. The molecule has 0 amide bonds. The first-order valence-electron chi connectivity index (χ1n) is 3.11. The fourth-order valence-corrected chi connectivity index (χ4v) is 0.0500. The standard InChI is InChI=1S/C5H12O2.BH3O3/c1-5(2,3-6)4-7;2-1(3)4/h6-7H,3-4H2,1-2H3;2-4H. The molecule has 0 fully saturated rings. The topological polar surface area (TPSA) is 101 Å². The van der Waals surface area contributed by atoms with Crippen LogP contribution >= 0.6 is 0 Å². The van der Waals surface area contributed by atoms with Crippen LogP contribution in [0.25, 0.3) is 0 Å². The Balaban J connectivity index is 0. The highest BCUT2D eigenvalue weighted by Crippen LogP contribution is 2.10. The normalized spacial score (nSPS) is 10.1. The maximum absolute atomic E-state index is 8.43. The first-order chi connectivity index (χ1) is 4.85. The van der Waals surface area contributed by atoms with Gasteiger partial charge in [0.1, 0.15) is 0 Å². The zero-order chi connectivity index (χ0) is 9.49. The van der Waals surface area contributed by atoms with E-state index < -0.39 is 7.32 Å². The second-order valence-electron chi connectivity index (χ2n) is 2.83. The first-order valence-corrected chi connectivity index (χ1v) is 3.11. The van der Waals surface area contributed by atoms with Crippen LogP contribution in [0, 0.1) is 5.41 Å². The minimum absolute atomic E-state index is 0.0451. The van der Waals surface area contributed by atoms with Crippen LogP contribution in [0.1, 0.15) is 13.8 Å². The molecular formula is C5H15BO5. The maximum atomic E-state index is 8.43. The molecule has 0 radical (unpaired) electrons. The summed E-state index contributed by atoms with van der Waals surface area (Å²) in [6.45, 7) is 3.69. The smallest absolute Gasteiger partial charge is 0.402 e. The van der Waals surface area contributed by atoms with Gasteiger partial charge in [0.25, 0.3) is 0 Å². The van der Waals surface area contributed by atoms with Gasteiger partial charge in [0.05, 0.1) is 13.2 Å². The third-order valence-corrected chi connectivity index (χ3v) is 0.856. The van der Waals surface area contributed by atoms with Crippen molar-refractivity contribution in [1.29, 1.82) is 0 Å². The van der Waals surface area contributed by atoms with Gasteiger partial charge in [0.2, 0.25) is 0 Å². The van der Waals surface area contributed by atoms with E-state index in [-0.39, 0.29) is 18.6 Å². The summed E-state index contributed by atoms with van der Waals surface area (Å²) in [5, 5.41) is 38.4. The number of hydrogen-bond acceptors (Lipinski definition) is 5. The molecule has 5 nitrogen and oxygen atoms in total. The van der Waals surface area contributed by atoms with E-state index in [0.717, 1.165) is 0 Å². The highest BCUT2D eigenvalue weighted by Gasteiger charge is 2.13. The monoisotopic (exact) mass is 166 g/mol. The van der Waals surface area contributed by atoms with Crippen molar-refractivity contribution in [2.75, 3.05) is 13.2 Å². The Morgan fingerprint density at radius 1 is 1.00 bits per heavy atom. The van der Waals surface area contributed by atoms with Gasteiger partial charge >= 0.3 is 7.32 Å². The summed E-state index contributed by atoms with van der Waals surface area (Å²) in [6, 6.07) is 0. The molecule has 0 aromatic rings. The second-order valence-corrected chi connectivity index (χ2v) is 2.83. The van der Waals surface area contributed by atoms with Gasteiger partial charge in [-0.1, -0.05) is 13.8 Å². The maximum Gasteiger partial charge on any atom is 0.631 e. The molecule has 0 saturated carbocycles. The molecule has 0 atom stereocenters. The first kappa shape index (κ1) is 13.5. The Morgan fingerprint density at radius 3 is 1.18 bits per heavy atom. The Morgan fingerprint density at radius 2 is 1.18 bits per heavy atom. The molecule has 0 aliphatic heterocycles. The lowest BCUT2D eigenvalue weighted by molar-refractivity contribution is 0.0857. The Kier molecular flexibility index (Phi) is 8.03. The molecular weight excluding hydrogens is 151 g/mol. The van der Waals surface area contributed by atoms with E-state index in [2.05, 4.69) is 0 Å². The highest BCUT2D eigenvalue weighted by atomic mass is 16.5. The number of aliphatic hydroxyl groups is 2. The van der Waals surface area contributed by atoms with Crippen LogP contribution in [0.2, 0.25) is 0 Å². The Labute approximate surface area is 66.1 Å². The molecule has 5 N–H and O–H groups in total. The minimum Gasteiger partial charge on any atom is -0.402 e. The van der Waals surface area contributed by atoms with Gasteiger partial charge in [-0.3, -0.25) is 0 Å². The predicted octanol–water partition coefficient (Wildman–Crippen LogP) is -2.05. The van der Waals surface area contributed by atoms with E-state index in [4.69, 9.17) is 25.3 Å². The highest BCUT2D eigenvalue weighted by molar-refractivity contribution is 6.30. The van der Waals surface area contributed by atoms with Crippen molar-refractivity contribution in [1.82, 2.24) is 0 Å². The molecule has 0 unspecified atom stereocenters. The summed E-state index contributed by atoms with van der Waals surface area (Å²) in [5.41, 5.74) is -0.306. The van der Waals surface area contributed by atoms with E-state index in [9.17, 15) is 0 Å². The molecule has 0 spiro atoms. The van der Waals surface area contributed by atoms with Crippen molar-refractivity contribution in [2.24, 2.45) is 5.41 Å². The lowest BCUT2D eigenvalue weighted by Crippen LogP contribution is -2.20. The summed E-state index contributed by atoms with van der Waals surface area (Å²) < 4.78 is 0. The lowest BCUT2D eigenvalue weighted by Gasteiger charge is -2.16. The fourth-order valence-electron chi connectivity index (χ4n) is 0.0500. The van der Waals surface area contributed by atoms with Crippen molar-refractivity contribution in [2.45, 2.75) is 13.8 Å². The molecule has 0 rings (SSSR count). The minimum atomic E-state index is -2.17. The largest absolute Gasteiger partial charge is 0.631 e. The van der Waals surface area contributed by atoms with E-state index in [1.54, 1.807) is 13.8 Å². The average molecular weight is 166 g/mol. The molecule has 6 heteroatoms. The molecule has 68 valence electrons. The van der Waals surface area contributed by atoms with Crippen LogP contribution < -0.4 is 0 Å². The van der Waals surface area contributed by atoms with Crippen molar-refractivity contribution < 1.29 is 25.3 Å². The number of rotatable bonds is 2. The summed E-state index contributed by atoms with van der Waals surface area (Å²) in [7, 11) is -2.17. The van der Waals surface area contributed by atoms with Crippen molar-refractivity contribution >= 4 is 7.32 Å². The lowest BCUT2D eigenvalue weighted by atomic mass is 9.97. The SMILES string of the molecule is CC(C)(CO)CO.OB(O)O. The van der Waals surface area contributed by atoms with E-state index >= 15 is 0 Å². The fraction of sp³-hybridized carbons (Fsp3) is 1.00. The molecule has 0 heterocycles. The van der Waals surface area contributed by atoms with Crippen molar-refractivity contribution in [3.05, 3.63) is 0 Å². The second kappa shape index (κ2) is 6.57. The third-order valence-electron chi connectivity index (χ3n) is 0.856. The number of hydrogen-bond donors (Lipinski definition) is 5. The average Bonchev–Trinajstić information content (AvgIpc) is 1.87. The van der Waals surface area contributed by atoms with Gasteiger partial charge in [-0.05, 0) is 0 Å². The van der Waals surface area contributed by atoms with Crippen LogP contribution in [0.5, 0.6) is 0 Å². The van der Waals surface area contributed by atoms with Crippen LogP contribution in [-0.4, -0.2) is 45.8 Å². The molecule has 0 bridgehead atoms. The Bertz CT molecular complexity index is 76.2. The van der Waals surface area contributed by atoms with Gasteiger partial charge in [-0.15, -0.1) is 0 Å². The summed E-state index contributed by atoms with van der Waals surface area (Å²) in [5.74, 6) is 0. The summed E-state index contributed by atoms with van der Waals surface area (Å²) >= 11 is 0. The predicted molar refractivity (Wildman–Crippen MR) is 40.4 cm³/mol. The summed E-state index contributed by atoms with van der Waals surface area (Å²) in [6.07, 6.45) is 0. The van der Waals surface area contributed by atoms with Crippen LogP contribution in [0.4, 0.5) is 0 Å². The molecule has 0 saturated heterocycles. The summed E-state index contributed by atoms with van der Waals surface area (Å²) in [4.78, 5) is 0. The number of aliphatic hydroxyl groups excluding tert-OH is 2. The van der Waals surface area contributed by atoms with Crippen LogP contribution in [0.3, 0.4) is 0 Å². The van der Waals surface area contributed by atoms with Crippen LogP contribution in [-0.2, 0) is 0 Å². The third kappa shape index (κ3) is 17.7. The van der Waals surface area contributed by atoms with Crippen molar-refractivity contribution in [3.63, 3.8) is 0 Å². The quantitative estimate of drug-likeness (QED) is 0.304. The van der Waals surface area contributed by atoms with E-state index in [1.807, 2.05) is 0 Å². The zero-order valence-electron chi connectivity index (χ0n) is 6.73. The van der Waals surface area contributed by atoms with Gasteiger partial charge in [0, 0.05) is 5.41 Å². The molecule has 0 aliphatic rings. The molecule has 0 aromatic heterocycles.